The van der Waals surface area contributed by atoms with Gasteiger partial charge in [0.1, 0.15) is 6.04 Å². The highest BCUT2D eigenvalue weighted by molar-refractivity contribution is 7.91. The van der Waals surface area contributed by atoms with E-state index < -0.39 is 51.4 Å². The van der Waals surface area contributed by atoms with E-state index in [0.717, 1.165) is 18.2 Å². The van der Waals surface area contributed by atoms with Gasteiger partial charge in [-0.3, -0.25) is 14.4 Å². The number of halogens is 3. The quantitative estimate of drug-likeness (QED) is 0.490. The molecule has 204 valence electrons. The van der Waals surface area contributed by atoms with Crippen LogP contribution in [0.4, 0.5) is 13.2 Å². The smallest absolute Gasteiger partial charge is 0.356 e. The van der Waals surface area contributed by atoms with Crippen LogP contribution in [0, 0.1) is 5.92 Å². The largest absolute Gasteiger partial charge is 0.416 e. The van der Waals surface area contributed by atoms with Crippen LogP contribution in [-0.4, -0.2) is 62.0 Å². The maximum absolute atomic E-state index is 13.3. The normalized spacial score (nSPS) is 24.2. The third kappa shape index (κ3) is 6.17. The third-order valence-electron chi connectivity index (χ3n) is 7.18. The first-order chi connectivity index (χ1) is 18.0. The first-order valence-corrected chi connectivity index (χ1v) is 13.9. The number of nitrogens with zero attached hydrogens (tertiary/aromatic N) is 1. The first-order valence-electron chi connectivity index (χ1n) is 12.3. The Kier molecular flexibility index (Phi) is 8.10. The van der Waals surface area contributed by atoms with Crippen molar-refractivity contribution in [3.05, 3.63) is 65.7 Å². The molecule has 1 saturated carbocycles. The molecule has 0 unspecified atom stereocenters. The Bertz CT molecular complexity index is 1290. The van der Waals surface area contributed by atoms with Crippen molar-refractivity contribution >= 4 is 28.1 Å². The highest BCUT2D eigenvalue weighted by atomic mass is 32.2. The molecular weight excluding hydrogens is 523 g/mol. The monoisotopic (exact) mass is 551 g/mol. The summed E-state index contributed by atoms with van der Waals surface area (Å²) in [4.78, 5) is 38.7. The summed E-state index contributed by atoms with van der Waals surface area (Å²) in [7, 11) is -3.68. The highest BCUT2D eigenvalue weighted by Gasteiger charge is 2.43. The zero-order valence-electron chi connectivity index (χ0n) is 20.4. The molecule has 3 amide bonds. The van der Waals surface area contributed by atoms with Crippen LogP contribution in [0.15, 0.2) is 59.5 Å². The van der Waals surface area contributed by atoms with Crippen molar-refractivity contribution in [1.29, 1.82) is 0 Å². The van der Waals surface area contributed by atoms with E-state index in [2.05, 4.69) is 10.6 Å². The van der Waals surface area contributed by atoms with Gasteiger partial charge in [-0.1, -0.05) is 24.3 Å². The number of rotatable bonds is 8. The summed E-state index contributed by atoms with van der Waals surface area (Å²) < 4.78 is 65.4. The lowest BCUT2D eigenvalue weighted by atomic mass is 9.81. The number of carbonyl (C=O) groups excluding carboxylic acids is 3. The van der Waals surface area contributed by atoms with Crippen LogP contribution >= 0.6 is 0 Å². The van der Waals surface area contributed by atoms with Crippen molar-refractivity contribution in [3.8, 4) is 0 Å². The van der Waals surface area contributed by atoms with E-state index in [9.17, 15) is 36.0 Å². The number of carbonyl (C=O) groups is 3. The maximum Gasteiger partial charge on any atom is 0.416 e. The maximum atomic E-state index is 13.3. The van der Waals surface area contributed by atoms with Crippen molar-refractivity contribution in [2.75, 3.05) is 12.3 Å². The number of benzene rings is 2. The minimum Gasteiger partial charge on any atom is -0.356 e. The Morgan fingerprint density at radius 3 is 2.47 bits per heavy atom. The number of hydrogen-bond acceptors (Lipinski definition) is 5. The average molecular weight is 552 g/mol. The molecule has 0 spiro atoms. The van der Waals surface area contributed by atoms with Gasteiger partial charge in [-0.15, -0.1) is 0 Å². The molecule has 12 heteroatoms. The molecule has 8 nitrogen and oxygen atoms in total. The number of hydrogen-bond donors (Lipinski definition) is 2. The number of likely N-dealkylation sites (tertiary alicyclic amines) is 1. The lowest BCUT2D eigenvalue weighted by Crippen LogP contribution is -2.52. The summed E-state index contributed by atoms with van der Waals surface area (Å²) in [5.41, 5.74) is -1.17. The van der Waals surface area contributed by atoms with Gasteiger partial charge in [0.15, 0.2) is 9.84 Å². The predicted molar refractivity (Wildman–Crippen MR) is 132 cm³/mol. The fourth-order valence-electron chi connectivity index (χ4n) is 5.33. The molecule has 2 aromatic rings. The standard InChI is InChI=1S/C26H28F3N3O5S/c27-26(28,29)19-6-4-5-17(13-19)24(34)31-22-11-12-32(25(22)35)23-10-9-20(30-16-33)14-18(23)15-38(36,37)21-7-2-1-3-8-21/h1-8,13,16,18,20,22-23H,9-12,14-15H2,(H,30,33)(H,31,34)/t18-,20-,22+,23+/m1/s1. The van der Waals surface area contributed by atoms with Gasteiger partial charge in [0, 0.05) is 24.2 Å². The molecule has 4 atom stereocenters. The molecule has 2 N–H and O–H groups in total. The molecule has 0 aromatic heterocycles. The van der Waals surface area contributed by atoms with Crippen LogP contribution in [0.2, 0.25) is 0 Å². The molecule has 1 heterocycles. The lowest BCUT2D eigenvalue weighted by Gasteiger charge is -2.41. The van der Waals surface area contributed by atoms with Gasteiger partial charge < -0.3 is 15.5 Å². The number of alkyl halides is 3. The van der Waals surface area contributed by atoms with E-state index in [4.69, 9.17) is 0 Å². The summed E-state index contributed by atoms with van der Waals surface area (Å²) in [6.45, 7) is 0.269. The van der Waals surface area contributed by atoms with Gasteiger partial charge in [-0.2, -0.15) is 13.2 Å². The molecule has 38 heavy (non-hydrogen) atoms. The number of amides is 3. The van der Waals surface area contributed by atoms with E-state index in [1.54, 1.807) is 23.1 Å². The molecule has 0 bridgehead atoms. The van der Waals surface area contributed by atoms with E-state index in [0.29, 0.717) is 25.7 Å². The van der Waals surface area contributed by atoms with Crippen molar-refractivity contribution in [3.63, 3.8) is 0 Å². The SMILES string of the molecule is O=CN[C@@H]1CC[C@H](N2CC[C@H](NC(=O)c3cccc(C(F)(F)F)c3)C2=O)[C@@H](CS(=O)(=O)c2ccccc2)C1. The zero-order valence-corrected chi connectivity index (χ0v) is 21.2. The summed E-state index contributed by atoms with van der Waals surface area (Å²) in [5, 5.41) is 5.25. The molecule has 4 rings (SSSR count). The van der Waals surface area contributed by atoms with Gasteiger partial charge in [0.05, 0.1) is 16.2 Å². The predicted octanol–water partition coefficient (Wildman–Crippen LogP) is 2.79. The van der Waals surface area contributed by atoms with Crippen LogP contribution in [0.25, 0.3) is 0 Å². The molecule has 1 aliphatic carbocycles. The van der Waals surface area contributed by atoms with Crippen LogP contribution in [0.5, 0.6) is 0 Å². The van der Waals surface area contributed by atoms with Gasteiger partial charge in [0.25, 0.3) is 5.91 Å². The Balaban J connectivity index is 1.49. The Morgan fingerprint density at radius 1 is 1.05 bits per heavy atom. The fourth-order valence-corrected chi connectivity index (χ4v) is 7.02. The van der Waals surface area contributed by atoms with E-state index in [1.165, 1.54) is 18.2 Å². The third-order valence-corrected chi connectivity index (χ3v) is 9.04. The number of sulfone groups is 1. The van der Waals surface area contributed by atoms with E-state index >= 15 is 0 Å². The summed E-state index contributed by atoms with van der Waals surface area (Å²) >= 11 is 0. The Hall–Kier alpha value is -3.41. The van der Waals surface area contributed by atoms with Gasteiger partial charge in [-0.25, -0.2) is 8.42 Å². The van der Waals surface area contributed by atoms with Crippen LogP contribution in [-0.2, 0) is 25.6 Å². The van der Waals surface area contributed by atoms with Crippen molar-refractivity contribution in [2.24, 2.45) is 5.92 Å². The second-order valence-electron chi connectivity index (χ2n) is 9.64. The van der Waals surface area contributed by atoms with Gasteiger partial charge in [-0.05, 0) is 61.9 Å². The van der Waals surface area contributed by atoms with E-state index in [-0.39, 0.29) is 35.2 Å². The fraction of sp³-hybridized carbons (Fsp3) is 0.423. The topological polar surface area (TPSA) is 113 Å². The Morgan fingerprint density at radius 2 is 1.79 bits per heavy atom. The summed E-state index contributed by atoms with van der Waals surface area (Å²) in [6.07, 6.45) is -2.41. The van der Waals surface area contributed by atoms with Crippen molar-refractivity contribution in [2.45, 2.75) is 54.9 Å². The Labute approximate surface area is 218 Å². The summed E-state index contributed by atoms with van der Waals surface area (Å²) in [5.74, 6) is -1.88. The average Bonchev–Trinajstić information content (AvgIpc) is 3.24. The van der Waals surface area contributed by atoms with Gasteiger partial charge >= 0.3 is 6.18 Å². The lowest BCUT2D eigenvalue weighted by molar-refractivity contribution is -0.137. The van der Waals surface area contributed by atoms with Gasteiger partial charge in [0.2, 0.25) is 12.3 Å². The number of nitrogens with one attached hydrogen (secondary N) is 2. The molecule has 1 aliphatic heterocycles. The molecule has 2 aliphatic rings. The second kappa shape index (κ2) is 11.1. The molecular formula is C26H28F3N3O5S. The van der Waals surface area contributed by atoms with Crippen molar-refractivity contribution < 1.29 is 36.0 Å². The molecule has 1 saturated heterocycles. The molecule has 2 aromatic carbocycles. The minimum atomic E-state index is -4.61. The summed E-state index contributed by atoms with van der Waals surface area (Å²) in [6, 6.07) is 10.4. The van der Waals surface area contributed by atoms with Crippen LogP contribution < -0.4 is 10.6 Å². The van der Waals surface area contributed by atoms with E-state index in [1.807, 2.05) is 0 Å². The van der Waals surface area contributed by atoms with Crippen LogP contribution in [0.3, 0.4) is 0 Å². The minimum absolute atomic E-state index is 0.170. The molecule has 0 radical (unpaired) electrons. The van der Waals surface area contributed by atoms with Crippen LogP contribution in [0.1, 0.15) is 41.6 Å². The highest BCUT2D eigenvalue weighted by Crippen LogP contribution is 2.34. The molecule has 2 fully saturated rings. The zero-order chi connectivity index (χ0) is 27.5. The second-order valence-corrected chi connectivity index (χ2v) is 11.7. The first kappa shape index (κ1) is 27.6. The van der Waals surface area contributed by atoms with Crippen molar-refractivity contribution in [1.82, 2.24) is 15.5 Å².